The molecule has 0 aliphatic heterocycles. The van der Waals surface area contributed by atoms with Gasteiger partial charge in [0, 0.05) is 32.1 Å². The lowest BCUT2D eigenvalue weighted by molar-refractivity contribution is 0.0853. The molecule has 1 aliphatic carbocycles. The fraction of sp³-hybridized carbons (Fsp3) is 0.435. The molecule has 0 spiro atoms. The molecule has 0 amide bonds. The summed E-state index contributed by atoms with van der Waals surface area (Å²) in [6.45, 7) is 6.17. The molecule has 0 N–H and O–H groups in total. The molecule has 166 valence electrons. The van der Waals surface area contributed by atoms with E-state index in [1.54, 1.807) is 11.8 Å². The number of ether oxygens (including phenoxy) is 2. The number of nitrogens with zero attached hydrogens (tertiary/aromatic N) is 7. The SMILES string of the molecule is COC[C@@H](C)Oc1nc(C2CC2c2nc3ccccc3n2C)cc(-n2nc(C)nc2C)n1. The summed E-state index contributed by atoms with van der Waals surface area (Å²) in [6, 6.07) is 10.5. The predicted molar refractivity (Wildman–Crippen MR) is 119 cm³/mol. The quantitative estimate of drug-likeness (QED) is 0.442. The van der Waals surface area contributed by atoms with Crippen molar-refractivity contribution >= 4 is 11.0 Å². The molecule has 5 rings (SSSR count). The first-order valence-corrected chi connectivity index (χ1v) is 10.8. The van der Waals surface area contributed by atoms with Crippen LogP contribution in [0.3, 0.4) is 0 Å². The lowest BCUT2D eigenvalue weighted by Crippen LogP contribution is -2.20. The maximum Gasteiger partial charge on any atom is 0.319 e. The Morgan fingerprint density at radius 1 is 1.09 bits per heavy atom. The zero-order valence-electron chi connectivity index (χ0n) is 19.0. The van der Waals surface area contributed by atoms with Crippen molar-refractivity contribution in [1.29, 1.82) is 0 Å². The second-order valence-corrected chi connectivity index (χ2v) is 8.40. The third-order valence-electron chi connectivity index (χ3n) is 5.84. The van der Waals surface area contributed by atoms with E-state index in [0.29, 0.717) is 30.2 Å². The maximum atomic E-state index is 5.97. The van der Waals surface area contributed by atoms with Crippen LogP contribution in [0.15, 0.2) is 30.3 Å². The number of hydrogen-bond acceptors (Lipinski definition) is 7. The first-order chi connectivity index (χ1) is 15.4. The largest absolute Gasteiger partial charge is 0.458 e. The molecule has 0 saturated heterocycles. The zero-order chi connectivity index (χ0) is 22.4. The summed E-state index contributed by atoms with van der Waals surface area (Å²) in [6.07, 6.45) is 0.812. The lowest BCUT2D eigenvalue weighted by atomic mass is 10.2. The fourth-order valence-electron chi connectivity index (χ4n) is 4.27. The standard InChI is InChI=1S/C23H27N7O2/c1-13(12-31-5)32-23-26-19(11-21(27-23)30-15(3)24-14(2)28-30)16-10-17(16)22-25-18-8-6-7-9-20(18)29(22)4/h6-9,11,13,16-17H,10,12H2,1-5H3/t13-,16?,17?/m1/s1. The van der Waals surface area contributed by atoms with Crippen LogP contribution in [0, 0.1) is 13.8 Å². The lowest BCUT2D eigenvalue weighted by Gasteiger charge is -2.14. The van der Waals surface area contributed by atoms with E-state index in [-0.39, 0.29) is 12.0 Å². The molecule has 3 heterocycles. The summed E-state index contributed by atoms with van der Waals surface area (Å²) >= 11 is 0. The van der Waals surface area contributed by atoms with Crippen molar-refractivity contribution in [3.05, 3.63) is 53.5 Å². The molecule has 4 aromatic rings. The molecule has 2 unspecified atom stereocenters. The van der Waals surface area contributed by atoms with Gasteiger partial charge in [-0.15, -0.1) is 5.10 Å². The molecule has 1 saturated carbocycles. The molecular formula is C23H27N7O2. The van der Waals surface area contributed by atoms with Crippen molar-refractivity contribution in [3.8, 4) is 11.8 Å². The highest BCUT2D eigenvalue weighted by Gasteiger charge is 2.44. The van der Waals surface area contributed by atoms with Crippen molar-refractivity contribution in [2.24, 2.45) is 7.05 Å². The molecule has 9 heteroatoms. The molecule has 1 aromatic carbocycles. The van der Waals surface area contributed by atoms with E-state index in [1.807, 2.05) is 39.0 Å². The Kier molecular flexibility index (Phi) is 5.13. The molecule has 1 fully saturated rings. The Bertz CT molecular complexity index is 1280. The van der Waals surface area contributed by atoms with Crippen molar-refractivity contribution < 1.29 is 9.47 Å². The van der Waals surface area contributed by atoms with Crippen LogP contribution < -0.4 is 4.74 Å². The van der Waals surface area contributed by atoms with Gasteiger partial charge in [-0.2, -0.15) is 14.6 Å². The topological polar surface area (TPSA) is 92.8 Å². The molecular weight excluding hydrogens is 406 g/mol. The Morgan fingerprint density at radius 3 is 2.62 bits per heavy atom. The van der Waals surface area contributed by atoms with E-state index in [9.17, 15) is 0 Å². The molecule has 0 radical (unpaired) electrons. The van der Waals surface area contributed by atoms with Crippen LogP contribution in [0.4, 0.5) is 0 Å². The van der Waals surface area contributed by atoms with Crippen molar-refractivity contribution in [2.75, 3.05) is 13.7 Å². The third-order valence-corrected chi connectivity index (χ3v) is 5.84. The zero-order valence-corrected chi connectivity index (χ0v) is 19.0. The van der Waals surface area contributed by atoms with Crippen LogP contribution in [-0.2, 0) is 11.8 Å². The smallest absolute Gasteiger partial charge is 0.319 e. The van der Waals surface area contributed by atoms with E-state index < -0.39 is 0 Å². The highest BCUT2D eigenvalue weighted by Crippen LogP contribution is 2.54. The Hall–Kier alpha value is -3.33. The van der Waals surface area contributed by atoms with Gasteiger partial charge in [-0.25, -0.2) is 9.97 Å². The third kappa shape index (κ3) is 3.73. The number of fused-ring (bicyclic) bond motifs is 1. The van der Waals surface area contributed by atoms with Gasteiger partial charge >= 0.3 is 6.01 Å². The fourth-order valence-corrected chi connectivity index (χ4v) is 4.27. The van der Waals surface area contributed by atoms with E-state index in [1.165, 1.54) is 0 Å². The molecule has 1 aliphatic rings. The summed E-state index contributed by atoms with van der Waals surface area (Å²) in [5, 5.41) is 4.50. The van der Waals surface area contributed by atoms with Gasteiger partial charge in [0.05, 0.1) is 23.3 Å². The van der Waals surface area contributed by atoms with E-state index in [0.717, 1.165) is 34.8 Å². The number of hydrogen-bond donors (Lipinski definition) is 0. The van der Waals surface area contributed by atoms with Crippen LogP contribution >= 0.6 is 0 Å². The van der Waals surface area contributed by atoms with Crippen LogP contribution in [0.5, 0.6) is 6.01 Å². The number of imidazole rings is 1. The first-order valence-electron chi connectivity index (χ1n) is 10.8. The van der Waals surface area contributed by atoms with Crippen molar-refractivity contribution in [2.45, 2.75) is 45.1 Å². The summed E-state index contributed by atoms with van der Waals surface area (Å²) in [4.78, 5) is 18.7. The first kappa shape index (κ1) is 20.6. The molecule has 3 aromatic heterocycles. The van der Waals surface area contributed by atoms with Gasteiger partial charge in [0.25, 0.3) is 0 Å². The second kappa shape index (κ2) is 7.98. The minimum Gasteiger partial charge on any atom is -0.458 e. The number of benzene rings is 1. The highest BCUT2D eigenvalue weighted by atomic mass is 16.5. The summed E-state index contributed by atoms with van der Waals surface area (Å²) in [5.41, 5.74) is 3.09. The minimum absolute atomic E-state index is 0.170. The van der Waals surface area contributed by atoms with Gasteiger partial charge in [0.1, 0.15) is 23.6 Å². The number of aryl methyl sites for hydroxylation is 3. The number of methoxy groups -OCH3 is 1. The number of rotatable bonds is 7. The van der Waals surface area contributed by atoms with E-state index in [2.05, 4.69) is 38.8 Å². The molecule has 32 heavy (non-hydrogen) atoms. The Labute approximate surface area is 186 Å². The predicted octanol–water partition coefficient (Wildman–Crippen LogP) is 3.25. The van der Waals surface area contributed by atoms with Crippen LogP contribution in [0.1, 0.15) is 48.3 Å². The molecule has 9 nitrogen and oxygen atoms in total. The van der Waals surface area contributed by atoms with Crippen LogP contribution in [0.25, 0.3) is 16.9 Å². The van der Waals surface area contributed by atoms with Gasteiger partial charge < -0.3 is 14.0 Å². The Balaban J connectivity index is 1.50. The monoisotopic (exact) mass is 433 g/mol. The second-order valence-electron chi connectivity index (χ2n) is 8.40. The van der Waals surface area contributed by atoms with Gasteiger partial charge in [0.2, 0.25) is 0 Å². The van der Waals surface area contributed by atoms with Gasteiger partial charge in [0.15, 0.2) is 5.82 Å². The van der Waals surface area contributed by atoms with Crippen molar-refractivity contribution in [3.63, 3.8) is 0 Å². The molecule has 3 atom stereocenters. The van der Waals surface area contributed by atoms with E-state index in [4.69, 9.17) is 19.4 Å². The number of para-hydroxylation sites is 2. The number of aromatic nitrogens is 7. The normalized spacial score (nSPS) is 18.8. The summed E-state index contributed by atoms with van der Waals surface area (Å²) in [7, 11) is 3.73. The van der Waals surface area contributed by atoms with E-state index >= 15 is 0 Å². The average molecular weight is 434 g/mol. The van der Waals surface area contributed by atoms with Crippen LogP contribution in [-0.4, -0.2) is 54.1 Å². The summed E-state index contributed by atoms with van der Waals surface area (Å²) in [5.74, 6) is 3.76. The highest BCUT2D eigenvalue weighted by molar-refractivity contribution is 5.76. The van der Waals surface area contributed by atoms with Crippen LogP contribution in [0.2, 0.25) is 0 Å². The Morgan fingerprint density at radius 2 is 1.91 bits per heavy atom. The average Bonchev–Trinajstić information content (AvgIpc) is 3.39. The molecule has 0 bridgehead atoms. The maximum absolute atomic E-state index is 5.97. The minimum atomic E-state index is -0.170. The van der Waals surface area contributed by atoms with Gasteiger partial charge in [-0.1, -0.05) is 12.1 Å². The van der Waals surface area contributed by atoms with Gasteiger partial charge in [-0.3, -0.25) is 0 Å². The summed E-state index contributed by atoms with van der Waals surface area (Å²) < 4.78 is 15.1. The van der Waals surface area contributed by atoms with Crippen molar-refractivity contribution in [1.82, 2.24) is 34.3 Å². The van der Waals surface area contributed by atoms with Gasteiger partial charge in [-0.05, 0) is 39.3 Å².